The van der Waals surface area contributed by atoms with Crippen molar-refractivity contribution in [3.8, 4) is 0 Å². The normalized spacial score (nSPS) is 12.2. The number of benzene rings is 1. The number of aromatic nitrogens is 4. The van der Waals surface area contributed by atoms with Gasteiger partial charge in [-0.1, -0.05) is 17.3 Å². The molecule has 0 bridgehead atoms. The van der Waals surface area contributed by atoms with E-state index in [0.717, 1.165) is 28.1 Å². The first-order valence-electron chi connectivity index (χ1n) is 11.0. The van der Waals surface area contributed by atoms with Crippen LogP contribution in [0, 0.1) is 27.6 Å². The molecule has 1 N–H and O–H groups in total. The average Bonchev–Trinajstić information content (AvgIpc) is 3.53. The molecular formula is C24H15F3N6O5. The molecule has 1 aliphatic rings. The molecule has 0 radical (unpaired) electrons. The standard InChI is InChI=1S/C24H15F3N6O5/c25-17-6-12(7-18(26)21(17)27)10-32-11-13(33(36)37)8-16(24(32)35)22(34)29-9-20-30-23(38-31-20)15-3-4-19-14(15)2-1-5-28-19/h1-3,5-8,11H,4,9-10H2,(H,29,34). The van der Waals surface area contributed by atoms with Gasteiger partial charge in [0, 0.05) is 29.8 Å². The van der Waals surface area contributed by atoms with Crippen molar-refractivity contribution in [1.29, 1.82) is 0 Å². The summed E-state index contributed by atoms with van der Waals surface area (Å²) in [7, 11) is 0. The fourth-order valence-corrected chi connectivity index (χ4v) is 3.94. The number of nitrogens with zero attached hydrogens (tertiary/aromatic N) is 5. The Labute approximate surface area is 210 Å². The van der Waals surface area contributed by atoms with Crippen LogP contribution in [0.2, 0.25) is 0 Å². The number of hydrogen-bond acceptors (Lipinski definition) is 8. The fraction of sp³-hybridized carbons (Fsp3) is 0.125. The Morgan fingerprint density at radius 3 is 2.71 bits per heavy atom. The first kappa shape index (κ1) is 24.5. The maximum Gasteiger partial charge on any atom is 0.286 e. The van der Waals surface area contributed by atoms with Crippen LogP contribution < -0.4 is 10.9 Å². The summed E-state index contributed by atoms with van der Waals surface area (Å²) in [5.41, 5.74) is -0.0219. The lowest BCUT2D eigenvalue weighted by atomic mass is 10.1. The van der Waals surface area contributed by atoms with Crippen LogP contribution in [-0.4, -0.2) is 30.5 Å². The summed E-state index contributed by atoms with van der Waals surface area (Å²) in [4.78, 5) is 44.7. The van der Waals surface area contributed by atoms with E-state index in [9.17, 15) is 32.9 Å². The first-order valence-corrected chi connectivity index (χ1v) is 11.0. The molecule has 0 spiro atoms. The van der Waals surface area contributed by atoms with E-state index in [1.54, 1.807) is 12.3 Å². The highest BCUT2D eigenvalue weighted by molar-refractivity contribution is 5.94. The number of halogens is 3. The van der Waals surface area contributed by atoms with Gasteiger partial charge in [-0.05, 0) is 23.8 Å². The van der Waals surface area contributed by atoms with Crippen LogP contribution in [0.25, 0.3) is 5.57 Å². The number of hydrogen-bond donors (Lipinski definition) is 1. The summed E-state index contributed by atoms with van der Waals surface area (Å²) in [5, 5.41) is 17.6. The molecule has 0 aliphatic heterocycles. The number of pyridine rings is 2. The lowest BCUT2D eigenvalue weighted by Crippen LogP contribution is -2.33. The van der Waals surface area contributed by atoms with Gasteiger partial charge in [-0.25, -0.2) is 13.2 Å². The zero-order valence-corrected chi connectivity index (χ0v) is 19.2. The van der Waals surface area contributed by atoms with Crippen molar-refractivity contribution in [2.75, 3.05) is 0 Å². The van der Waals surface area contributed by atoms with Gasteiger partial charge in [0.1, 0.15) is 5.56 Å². The van der Waals surface area contributed by atoms with Gasteiger partial charge >= 0.3 is 0 Å². The lowest BCUT2D eigenvalue weighted by Gasteiger charge is -2.09. The molecule has 14 heteroatoms. The lowest BCUT2D eigenvalue weighted by molar-refractivity contribution is -0.385. The van der Waals surface area contributed by atoms with Gasteiger partial charge in [0.2, 0.25) is 0 Å². The van der Waals surface area contributed by atoms with Crippen molar-refractivity contribution in [2.24, 2.45) is 0 Å². The zero-order chi connectivity index (χ0) is 27.0. The van der Waals surface area contributed by atoms with Crippen LogP contribution in [0.15, 0.2) is 58.1 Å². The van der Waals surface area contributed by atoms with Crippen molar-refractivity contribution in [3.05, 3.63) is 121 Å². The van der Waals surface area contributed by atoms with Crippen LogP contribution in [0.3, 0.4) is 0 Å². The summed E-state index contributed by atoms with van der Waals surface area (Å²) in [5.74, 6) is -5.39. The highest BCUT2D eigenvalue weighted by Crippen LogP contribution is 2.30. The molecule has 1 aromatic carbocycles. The number of carbonyl (C=O) groups is 1. The van der Waals surface area contributed by atoms with Crippen LogP contribution in [0.5, 0.6) is 0 Å². The molecule has 0 saturated heterocycles. The van der Waals surface area contributed by atoms with Gasteiger partial charge in [0.25, 0.3) is 23.0 Å². The van der Waals surface area contributed by atoms with Gasteiger partial charge in [0.05, 0.1) is 29.9 Å². The first-order chi connectivity index (χ1) is 18.2. The van der Waals surface area contributed by atoms with E-state index in [0.29, 0.717) is 24.1 Å². The number of nitro groups is 1. The fourth-order valence-electron chi connectivity index (χ4n) is 3.94. The van der Waals surface area contributed by atoms with Gasteiger partial charge < -0.3 is 14.4 Å². The quantitative estimate of drug-likeness (QED) is 0.221. The second kappa shape index (κ2) is 9.72. The molecule has 1 amide bonds. The van der Waals surface area contributed by atoms with Gasteiger partial charge in [-0.15, -0.1) is 0 Å². The SMILES string of the molecule is O=C(NCc1noc(C2=CCc3ncccc32)n1)c1cc([N+](=O)[O-])cn(Cc2cc(F)c(F)c(F)c2)c1=O. The molecule has 3 heterocycles. The minimum atomic E-state index is -1.70. The molecule has 0 saturated carbocycles. The van der Waals surface area contributed by atoms with Crippen molar-refractivity contribution in [3.63, 3.8) is 0 Å². The minimum Gasteiger partial charge on any atom is -0.344 e. The molecule has 0 atom stereocenters. The number of carbonyl (C=O) groups excluding carboxylic acids is 1. The van der Waals surface area contributed by atoms with E-state index in [2.05, 4.69) is 20.4 Å². The third kappa shape index (κ3) is 4.66. The summed E-state index contributed by atoms with van der Waals surface area (Å²) in [6, 6.07) is 5.69. The average molecular weight is 524 g/mol. The third-order valence-corrected chi connectivity index (χ3v) is 5.71. The molecule has 0 fully saturated rings. The summed E-state index contributed by atoms with van der Waals surface area (Å²) in [6.07, 6.45) is 4.95. The van der Waals surface area contributed by atoms with Crippen molar-refractivity contribution in [2.45, 2.75) is 19.5 Å². The van der Waals surface area contributed by atoms with E-state index >= 15 is 0 Å². The summed E-state index contributed by atoms with van der Waals surface area (Å²) < 4.78 is 46.5. The Balaban J connectivity index is 1.36. The maximum atomic E-state index is 13.6. The Morgan fingerprint density at radius 2 is 1.97 bits per heavy atom. The number of nitrogens with one attached hydrogen (secondary N) is 1. The number of amides is 1. The van der Waals surface area contributed by atoms with E-state index in [1.165, 1.54) is 0 Å². The third-order valence-electron chi connectivity index (χ3n) is 5.71. The Hall–Kier alpha value is -5.14. The zero-order valence-electron chi connectivity index (χ0n) is 19.2. The van der Waals surface area contributed by atoms with Crippen molar-refractivity contribution >= 4 is 17.2 Å². The Kier molecular flexibility index (Phi) is 6.28. The highest BCUT2D eigenvalue weighted by Gasteiger charge is 2.23. The molecule has 0 unspecified atom stereocenters. The number of fused-ring (bicyclic) bond motifs is 1. The van der Waals surface area contributed by atoms with Crippen LogP contribution >= 0.6 is 0 Å². The van der Waals surface area contributed by atoms with Crippen LogP contribution in [0.1, 0.15) is 38.9 Å². The Bertz CT molecular complexity index is 1670. The maximum absolute atomic E-state index is 13.6. The predicted octanol–water partition coefficient (Wildman–Crippen LogP) is 2.92. The van der Waals surface area contributed by atoms with E-state index in [4.69, 9.17) is 4.52 Å². The number of rotatable bonds is 7. The molecule has 192 valence electrons. The van der Waals surface area contributed by atoms with E-state index in [-0.39, 0.29) is 23.8 Å². The molecule has 3 aromatic heterocycles. The van der Waals surface area contributed by atoms with E-state index < -0.39 is 51.6 Å². The highest BCUT2D eigenvalue weighted by atomic mass is 19.2. The molecule has 4 aromatic rings. The number of allylic oxidation sites excluding steroid dienone is 1. The van der Waals surface area contributed by atoms with Crippen molar-refractivity contribution in [1.82, 2.24) is 25.0 Å². The van der Waals surface area contributed by atoms with E-state index in [1.807, 2.05) is 12.1 Å². The van der Waals surface area contributed by atoms with Crippen LogP contribution in [-0.2, 0) is 19.5 Å². The van der Waals surface area contributed by atoms with Gasteiger partial charge in [-0.3, -0.25) is 24.7 Å². The Morgan fingerprint density at radius 1 is 1.21 bits per heavy atom. The van der Waals surface area contributed by atoms with Crippen LogP contribution in [0.4, 0.5) is 18.9 Å². The topological polar surface area (TPSA) is 146 Å². The van der Waals surface area contributed by atoms with Gasteiger partial charge in [-0.2, -0.15) is 4.98 Å². The van der Waals surface area contributed by atoms with Gasteiger partial charge in [0.15, 0.2) is 23.3 Å². The second-order valence-corrected chi connectivity index (χ2v) is 8.19. The summed E-state index contributed by atoms with van der Waals surface area (Å²) in [6.45, 7) is -0.833. The monoisotopic (exact) mass is 524 g/mol. The predicted molar refractivity (Wildman–Crippen MR) is 123 cm³/mol. The smallest absolute Gasteiger partial charge is 0.286 e. The molecule has 1 aliphatic carbocycles. The molecule has 38 heavy (non-hydrogen) atoms. The summed E-state index contributed by atoms with van der Waals surface area (Å²) >= 11 is 0. The van der Waals surface area contributed by atoms with Crippen molar-refractivity contribution < 1.29 is 27.4 Å². The largest absolute Gasteiger partial charge is 0.344 e. The molecule has 11 nitrogen and oxygen atoms in total. The molecule has 5 rings (SSSR count). The minimum absolute atomic E-state index is 0.0783. The molecular weight excluding hydrogens is 509 g/mol. The second-order valence-electron chi connectivity index (χ2n) is 8.19.